The molecule has 2 aromatic heterocycles. The number of aromatic nitrogens is 3. The lowest BCUT2D eigenvalue weighted by Crippen LogP contribution is -2.21. The van der Waals surface area contributed by atoms with E-state index in [0.29, 0.717) is 6.04 Å². The van der Waals surface area contributed by atoms with Crippen LogP contribution in [-0.2, 0) is 17.8 Å². The van der Waals surface area contributed by atoms with Crippen LogP contribution in [0.2, 0.25) is 0 Å². The van der Waals surface area contributed by atoms with Crippen molar-refractivity contribution in [3.63, 3.8) is 0 Å². The predicted molar refractivity (Wildman–Crippen MR) is 81.3 cm³/mol. The summed E-state index contributed by atoms with van der Waals surface area (Å²) in [4.78, 5) is 8.47. The fourth-order valence-electron chi connectivity index (χ4n) is 2.79. The molecule has 1 atom stereocenters. The molecule has 0 saturated carbocycles. The van der Waals surface area contributed by atoms with E-state index in [1.54, 1.807) is 11.3 Å². The lowest BCUT2D eigenvalue weighted by atomic mass is 10.2. The standard InChI is InChI=1S/C13H15BrN4OS/c14-9-5-15-18(6-9)10-1-3-17(7-10)13-16-11-2-4-19-8-12(11)20-13/h5-6,10H,1-4,7-8H2. The van der Waals surface area contributed by atoms with Gasteiger partial charge in [-0.25, -0.2) is 4.98 Å². The summed E-state index contributed by atoms with van der Waals surface area (Å²) >= 11 is 5.24. The second-order valence-electron chi connectivity index (χ2n) is 5.20. The molecule has 0 aromatic carbocycles. The van der Waals surface area contributed by atoms with E-state index < -0.39 is 0 Å². The molecule has 5 nitrogen and oxygen atoms in total. The number of anilines is 1. The molecule has 0 aliphatic carbocycles. The van der Waals surface area contributed by atoms with Crippen LogP contribution in [0, 0.1) is 0 Å². The maximum Gasteiger partial charge on any atom is 0.185 e. The van der Waals surface area contributed by atoms with Crippen LogP contribution in [0.5, 0.6) is 0 Å². The number of halogens is 1. The van der Waals surface area contributed by atoms with Crippen LogP contribution < -0.4 is 4.90 Å². The van der Waals surface area contributed by atoms with Gasteiger partial charge in [0.05, 0.1) is 40.5 Å². The van der Waals surface area contributed by atoms with Gasteiger partial charge in [-0.1, -0.05) is 11.3 Å². The molecular formula is C13H15BrN4OS. The summed E-state index contributed by atoms with van der Waals surface area (Å²) in [5.74, 6) is 0. The van der Waals surface area contributed by atoms with E-state index in [1.165, 1.54) is 10.6 Å². The van der Waals surface area contributed by atoms with Gasteiger partial charge < -0.3 is 9.64 Å². The first-order valence-electron chi connectivity index (χ1n) is 6.80. The quantitative estimate of drug-likeness (QED) is 0.831. The Labute approximate surface area is 129 Å². The highest BCUT2D eigenvalue weighted by molar-refractivity contribution is 9.10. The number of thiazole rings is 1. The first-order valence-corrected chi connectivity index (χ1v) is 8.41. The monoisotopic (exact) mass is 354 g/mol. The van der Waals surface area contributed by atoms with Gasteiger partial charge >= 0.3 is 0 Å². The third-order valence-electron chi connectivity index (χ3n) is 3.86. The zero-order chi connectivity index (χ0) is 13.5. The number of nitrogens with zero attached hydrogens (tertiary/aromatic N) is 4. The van der Waals surface area contributed by atoms with E-state index in [9.17, 15) is 0 Å². The Morgan fingerprint density at radius 2 is 2.40 bits per heavy atom. The molecule has 0 radical (unpaired) electrons. The van der Waals surface area contributed by atoms with Crippen LogP contribution in [0.4, 0.5) is 5.13 Å². The first-order chi connectivity index (χ1) is 9.79. The molecule has 1 fully saturated rings. The van der Waals surface area contributed by atoms with Crippen molar-refractivity contribution >= 4 is 32.4 Å². The third-order valence-corrected chi connectivity index (χ3v) is 5.40. The molecule has 1 unspecified atom stereocenters. The van der Waals surface area contributed by atoms with E-state index >= 15 is 0 Å². The Bertz CT molecular complexity index is 602. The fraction of sp³-hybridized carbons (Fsp3) is 0.538. The van der Waals surface area contributed by atoms with Crippen molar-refractivity contribution in [1.29, 1.82) is 0 Å². The van der Waals surface area contributed by atoms with Crippen LogP contribution in [0.15, 0.2) is 16.9 Å². The normalized spacial score (nSPS) is 22.2. The van der Waals surface area contributed by atoms with Gasteiger partial charge in [-0.05, 0) is 22.4 Å². The van der Waals surface area contributed by atoms with Crippen LogP contribution in [0.1, 0.15) is 23.0 Å². The van der Waals surface area contributed by atoms with Crippen LogP contribution in [0.3, 0.4) is 0 Å². The topological polar surface area (TPSA) is 43.2 Å². The molecule has 0 bridgehead atoms. The van der Waals surface area contributed by atoms with Crippen molar-refractivity contribution < 1.29 is 4.74 Å². The van der Waals surface area contributed by atoms with E-state index in [0.717, 1.165) is 48.7 Å². The SMILES string of the molecule is Brc1cnn(C2CCN(c3nc4c(s3)COCC4)C2)c1. The predicted octanol–water partition coefficient (Wildman–Crippen LogP) is 2.63. The first kappa shape index (κ1) is 12.8. The molecule has 20 heavy (non-hydrogen) atoms. The van der Waals surface area contributed by atoms with Gasteiger partial charge in [-0.15, -0.1) is 0 Å². The van der Waals surface area contributed by atoms with Crippen molar-refractivity contribution in [1.82, 2.24) is 14.8 Å². The molecule has 1 saturated heterocycles. The summed E-state index contributed by atoms with van der Waals surface area (Å²) in [6.45, 7) is 3.58. The van der Waals surface area contributed by atoms with Crippen LogP contribution in [0.25, 0.3) is 0 Å². The second-order valence-corrected chi connectivity index (χ2v) is 7.17. The minimum Gasteiger partial charge on any atom is -0.375 e. The van der Waals surface area contributed by atoms with Crippen molar-refractivity contribution in [2.24, 2.45) is 0 Å². The van der Waals surface area contributed by atoms with E-state index in [4.69, 9.17) is 9.72 Å². The fourth-order valence-corrected chi connectivity index (χ4v) is 4.17. The number of rotatable bonds is 2. The minimum atomic E-state index is 0.443. The third kappa shape index (κ3) is 2.27. The van der Waals surface area contributed by atoms with E-state index in [1.807, 2.05) is 6.20 Å². The summed E-state index contributed by atoms with van der Waals surface area (Å²) in [6.07, 6.45) is 5.97. The highest BCUT2D eigenvalue weighted by Gasteiger charge is 2.28. The zero-order valence-electron chi connectivity index (χ0n) is 11.0. The Morgan fingerprint density at radius 1 is 1.45 bits per heavy atom. The van der Waals surface area contributed by atoms with Crippen LogP contribution in [-0.4, -0.2) is 34.5 Å². The number of fused-ring (bicyclic) bond motifs is 1. The van der Waals surface area contributed by atoms with Gasteiger partial charge in [-0.2, -0.15) is 5.10 Å². The van der Waals surface area contributed by atoms with E-state index in [2.05, 4.69) is 36.8 Å². The molecule has 106 valence electrons. The minimum absolute atomic E-state index is 0.443. The number of ether oxygens (including phenoxy) is 1. The molecule has 4 heterocycles. The Hall–Kier alpha value is -0.920. The summed E-state index contributed by atoms with van der Waals surface area (Å²) in [6, 6.07) is 0.443. The number of hydrogen-bond acceptors (Lipinski definition) is 5. The molecule has 2 aliphatic heterocycles. The molecular weight excluding hydrogens is 340 g/mol. The van der Waals surface area contributed by atoms with Crippen LogP contribution >= 0.6 is 27.3 Å². The van der Waals surface area contributed by atoms with Gasteiger partial charge in [0.15, 0.2) is 5.13 Å². The zero-order valence-corrected chi connectivity index (χ0v) is 13.4. The van der Waals surface area contributed by atoms with Crippen molar-refractivity contribution in [2.45, 2.75) is 25.5 Å². The second kappa shape index (κ2) is 5.13. The molecule has 4 rings (SSSR count). The van der Waals surface area contributed by atoms with Crippen molar-refractivity contribution in [2.75, 3.05) is 24.6 Å². The summed E-state index contributed by atoms with van der Waals surface area (Å²) < 4.78 is 8.59. The number of hydrogen-bond donors (Lipinski definition) is 0. The van der Waals surface area contributed by atoms with Gasteiger partial charge in [0.1, 0.15) is 0 Å². The lowest BCUT2D eigenvalue weighted by molar-refractivity contribution is 0.112. The maximum absolute atomic E-state index is 5.50. The molecule has 0 N–H and O–H groups in total. The summed E-state index contributed by atoms with van der Waals surface area (Å²) in [5.41, 5.74) is 1.24. The Kier molecular flexibility index (Phi) is 3.28. The highest BCUT2D eigenvalue weighted by Crippen LogP contribution is 2.33. The maximum atomic E-state index is 5.50. The van der Waals surface area contributed by atoms with Crippen molar-refractivity contribution in [3.8, 4) is 0 Å². The lowest BCUT2D eigenvalue weighted by Gasteiger charge is -2.15. The molecule has 7 heteroatoms. The van der Waals surface area contributed by atoms with E-state index in [-0.39, 0.29) is 0 Å². The summed E-state index contributed by atoms with van der Waals surface area (Å²) in [5, 5.41) is 5.54. The average molecular weight is 355 g/mol. The van der Waals surface area contributed by atoms with Gasteiger partial charge in [0.2, 0.25) is 0 Å². The van der Waals surface area contributed by atoms with Crippen molar-refractivity contribution in [3.05, 3.63) is 27.4 Å². The summed E-state index contributed by atoms with van der Waals surface area (Å²) in [7, 11) is 0. The van der Waals surface area contributed by atoms with Gasteiger partial charge in [-0.3, -0.25) is 4.68 Å². The highest BCUT2D eigenvalue weighted by atomic mass is 79.9. The molecule has 2 aliphatic rings. The Balaban J connectivity index is 1.52. The average Bonchev–Trinajstić information content (AvgIpc) is 3.16. The smallest absolute Gasteiger partial charge is 0.185 e. The largest absolute Gasteiger partial charge is 0.375 e. The molecule has 2 aromatic rings. The van der Waals surface area contributed by atoms with Gasteiger partial charge in [0, 0.05) is 25.7 Å². The van der Waals surface area contributed by atoms with Gasteiger partial charge in [0.25, 0.3) is 0 Å². The molecule has 0 spiro atoms. The molecule has 0 amide bonds. The Morgan fingerprint density at radius 3 is 3.20 bits per heavy atom.